The van der Waals surface area contributed by atoms with Gasteiger partial charge in [-0.15, -0.1) is 11.8 Å². The van der Waals surface area contributed by atoms with Gasteiger partial charge in [-0.3, -0.25) is 24.5 Å². The second-order valence-electron chi connectivity index (χ2n) is 6.02. The van der Waals surface area contributed by atoms with Crippen molar-refractivity contribution >= 4 is 40.7 Å². The van der Waals surface area contributed by atoms with Crippen molar-refractivity contribution in [3.63, 3.8) is 0 Å². The zero-order chi connectivity index (χ0) is 18.6. The highest BCUT2D eigenvalue weighted by molar-refractivity contribution is 7.99. The molecule has 0 saturated carbocycles. The van der Waals surface area contributed by atoms with Crippen molar-refractivity contribution in [2.45, 2.75) is 17.4 Å². The van der Waals surface area contributed by atoms with Crippen LogP contribution in [0.2, 0.25) is 0 Å². The van der Waals surface area contributed by atoms with Crippen LogP contribution >= 0.6 is 23.1 Å². The third-order valence-corrected chi connectivity index (χ3v) is 6.87. The van der Waals surface area contributed by atoms with E-state index in [9.17, 15) is 29.6 Å². The Morgan fingerprint density at radius 3 is 2.92 bits per heavy atom. The van der Waals surface area contributed by atoms with Crippen molar-refractivity contribution in [1.29, 1.82) is 0 Å². The molecule has 0 radical (unpaired) electrons. The van der Waals surface area contributed by atoms with Crippen molar-refractivity contribution in [1.82, 2.24) is 4.98 Å². The van der Waals surface area contributed by atoms with Gasteiger partial charge in [-0.2, -0.15) is 0 Å². The second-order valence-corrected chi connectivity index (χ2v) is 8.03. The normalized spacial score (nSPS) is 23.4. The number of hydrogen-bond donors (Lipinski definition) is 2. The number of non-ortho nitro benzene ring substituents is 1. The average Bonchev–Trinajstić information content (AvgIpc) is 2.94. The number of carbonyl (C=O) groups is 2. The Labute approximate surface area is 153 Å². The molecule has 4 rings (SSSR count). The summed E-state index contributed by atoms with van der Waals surface area (Å²) in [6.45, 7) is 0. The first-order valence-corrected chi connectivity index (χ1v) is 9.20. The molecule has 11 heteroatoms. The van der Waals surface area contributed by atoms with Crippen LogP contribution in [0, 0.1) is 15.5 Å². The Morgan fingerprint density at radius 1 is 1.46 bits per heavy atom. The van der Waals surface area contributed by atoms with Crippen molar-refractivity contribution in [3.05, 3.63) is 48.4 Å². The number of nitrogens with one attached hydrogen (secondary N) is 1. The molecule has 0 saturated heterocycles. The van der Waals surface area contributed by atoms with E-state index in [1.165, 1.54) is 30.0 Å². The number of H-pyrrole nitrogens is 1. The van der Waals surface area contributed by atoms with Crippen LogP contribution in [0.5, 0.6) is 5.75 Å². The van der Waals surface area contributed by atoms with Gasteiger partial charge in [0.1, 0.15) is 11.2 Å². The predicted octanol–water partition coefficient (Wildman–Crippen LogP) is 1.96. The lowest BCUT2D eigenvalue weighted by atomic mass is 9.68. The molecule has 1 aromatic heterocycles. The number of hydrogen-bond acceptors (Lipinski definition) is 8. The maximum absolute atomic E-state index is 12.8. The molecule has 134 valence electrons. The fraction of sp³-hybridized carbons (Fsp3) is 0.267. The lowest BCUT2D eigenvalue weighted by molar-refractivity contribution is -0.385. The number of aromatic amines is 1. The summed E-state index contributed by atoms with van der Waals surface area (Å²) in [5, 5.41) is 21.1. The number of benzene rings is 1. The summed E-state index contributed by atoms with van der Waals surface area (Å²) in [6.07, 6.45) is -0.503. The average molecular weight is 394 g/mol. The molecule has 2 atom stereocenters. The minimum Gasteiger partial charge on any atom is -0.481 e. The summed E-state index contributed by atoms with van der Waals surface area (Å²) in [4.78, 5) is 49.5. The monoisotopic (exact) mass is 394 g/mol. The smallest absolute Gasteiger partial charge is 0.319 e. The van der Waals surface area contributed by atoms with Gasteiger partial charge in [0.25, 0.3) is 5.69 Å². The topological polar surface area (TPSA) is 140 Å². The largest absolute Gasteiger partial charge is 0.481 e. The van der Waals surface area contributed by atoms with Gasteiger partial charge in [0.15, 0.2) is 0 Å². The van der Waals surface area contributed by atoms with E-state index in [0.29, 0.717) is 15.5 Å². The van der Waals surface area contributed by atoms with E-state index in [1.54, 1.807) is 0 Å². The Bertz CT molecular complexity index is 1030. The number of rotatable bonds is 3. The number of esters is 1. The Balaban J connectivity index is 2.01. The van der Waals surface area contributed by atoms with Crippen LogP contribution in [0.3, 0.4) is 0 Å². The van der Waals surface area contributed by atoms with E-state index < -0.39 is 34.6 Å². The maximum atomic E-state index is 12.8. The van der Waals surface area contributed by atoms with Gasteiger partial charge in [-0.25, -0.2) is 0 Å². The number of carbonyl (C=O) groups excluding carboxylic acids is 1. The summed E-state index contributed by atoms with van der Waals surface area (Å²) in [7, 11) is 0. The van der Waals surface area contributed by atoms with E-state index in [0.717, 1.165) is 11.3 Å². The number of carboxylic acid groups (broad SMARTS) is 1. The van der Waals surface area contributed by atoms with Crippen LogP contribution in [-0.4, -0.2) is 32.7 Å². The maximum Gasteiger partial charge on any atom is 0.319 e. The van der Waals surface area contributed by atoms with Crippen LogP contribution in [0.4, 0.5) is 5.69 Å². The number of carboxylic acids is 1. The number of aromatic nitrogens is 1. The van der Waals surface area contributed by atoms with E-state index in [-0.39, 0.29) is 22.1 Å². The second kappa shape index (κ2) is 5.68. The first-order chi connectivity index (χ1) is 12.3. The Morgan fingerprint density at radius 2 is 2.23 bits per heavy atom. The lowest BCUT2D eigenvalue weighted by Crippen LogP contribution is -2.48. The number of ether oxygens (including phenoxy) is 1. The molecule has 0 spiro atoms. The van der Waals surface area contributed by atoms with Crippen LogP contribution in [0.25, 0.3) is 0 Å². The summed E-state index contributed by atoms with van der Waals surface area (Å²) >= 11 is 2.06. The van der Waals surface area contributed by atoms with Crippen LogP contribution in [0.1, 0.15) is 22.8 Å². The molecule has 0 amide bonds. The highest BCUT2D eigenvalue weighted by atomic mass is 32.2. The molecule has 0 fully saturated rings. The molecule has 2 aliphatic heterocycles. The quantitative estimate of drug-likeness (QED) is 0.348. The van der Waals surface area contributed by atoms with E-state index in [1.807, 2.05) is 0 Å². The van der Waals surface area contributed by atoms with Crippen molar-refractivity contribution < 1.29 is 24.4 Å². The van der Waals surface area contributed by atoms with Crippen molar-refractivity contribution in [2.24, 2.45) is 5.41 Å². The van der Waals surface area contributed by atoms with Gasteiger partial charge in [0.2, 0.25) is 0 Å². The fourth-order valence-corrected chi connectivity index (χ4v) is 5.99. The molecule has 1 aromatic carbocycles. The highest BCUT2D eigenvalue weighted by Gasteiger charge is 2.57. The standard InChI is InChI=1S/C15H10N2O7S2/c18-9(19)4-15-5-25-12-11(26-14(21)16-12)10(15)7-3-6(17(22)23)1-2-8(7)24-13(15)20/h1-3,10H,4-5H2,(H,16,21)(H,18,19)/t10-,15+/m1/s1. The zero-order valence-electron chi connectivity index (χ0n) is 12.9. The first kappa shape index (κ1) is 16.8. The summed E-state index contributed by atoms with van der Waals surface area (Å²) in [5.74, 6) is -2.46. The highest BCUT2D eigenvalue weighted by Crippen LogP contribution is 2.58. The fourth-order valence-electron chi connectivity index (χ4n) is 3.44. The van der Waals surface area contributed by atoms with Gasteiger partial charge >= 0.3 is 16.8 Å². The minimum atomic E-state index is -1.43. The van der Waals surface area contributed by atoms with Gasteiger partial charge in [0, 0.05) is 34.2 Å². The molecule has 0 aliphatic carbocycles. The number of fused-ring (bicyclic) bond motifs is 5. The summed E-state index contributed by atoms with van der Waals surface area (Å²) in [6, 6.07) is 3.83. The molecule has 3 heterocycles. The molecule has 0 bridgehead atoms. The first-order valence-electron chi connectivity index (χ1n) is 7.40. The van der Waals surface area contributed by atoms with E-state index in [2.05, 4.69) is 4.98 Å². The third kappa shape index (κ3) is 2.35. The van der Waals surface area contributed by atoms with Crippen LogP contribution < -0.4 is 9.61 Å². The molecule has 2 N–H and O–H groups in total. The molecule has 9 nitrogen and oxygen atoms in total. The number of nitro benzene ring substituents is 1. The molecule has 0 unspecified atom stereocenters. The van der Waals surface area contributed by atoms with Gasteiger partial charge in [0.05, 0.1) is 16.4 Å². The van der Waals surface area contributed by atoms with Gasteiger partial charge in [-0.05, 0) is 6.07 Å². The Kier molecular flexibility index (Phi) is 3.66. The SMILES string of the molecule is O=C(O)C[C@]12CSc3[nH]c(=O)sc3[C@H]1c1cc([N+](=O)[O-])ccc1OC2=O. The molecular formula is C15H10N2O7S2. The number of thioether (sulfide) groups is 1. The molecule has 26 heavy (non-hydrogen) atoms. The number of thiazole rings is 1. The predicted molar refractivity (Wildman–Crippen MR) is 90.9 cm³/mol. The molecule has 2 aliphatic rings. The minimum absolute atomic E-state index is 0.0879. The van der Waals surface area contributed by atoms with Crippen molar-refractivity contribution in [3.8, 4) is 5.75 Å². The number of nitrogens with zero attached hydrogens (tertiary/aromatic N) is 1. The Hall–Kier alpha value is -2.66. The third-order valence-electron chi connectivity index (χ3n) is 4.52. The summed E-state index contributed by atoms with van der Waals surface area (Å²) in [5.41, 5.74) is -1.29. The van der Waals surface area contributed by atoms with Crippen LogP contribution in [-0.2, 0) is 9.59 Å². The summed E-state index contributed by atoms with van der Waals surface area (Å²) < 4.78 is 5.34. The van der Waals surface area contributed by atoms with Crippen LogP contribution in [0.15, 0.2) is 28.0 Å². The zero-order valence-corrected chi connectivity index (χ0v) is 14.5. The van der Waals surface area contributed by atoms with Gasteiger partial charge < -0.3 is 14.8 Å². The van der Waals surface area contributed by atoms with Crippen molar-refractivity contribution in [2.75, 3.05) is 5.75 Å². The number of nitro groups is 1. The molecular weight excluding hydrogens is 384 g/mol. The molecule has 2 aromatic rings. The van der Waals surface area contributed by atoms with E-state index >= 15 is 0 Å². The van der Waals surface area contributed by atoms with Gasteiger partial charge in [-0.1, -0.05) is 11.3 Å². The van der Waals surface area contributed by atoms with E-state index in [4.69, 9.17) is 4.74 Å². The number of aliphatic carboxylic acids is 1. The lowest BCUT2D eigenvalue weighted by Gasteiger charge is -2.43.